The number of benzene rings is 1. The van der Waals surface area contributed by atoms with Gasteiger partial charge in [0, 0.05) is 0 Å². The smallest absolute Gasteiger partial charge is 0.262 e. The van der Waals surface area contributed by atoms with Gasteiger partial charge < -0.3 is 10.2 Å². The number of oxazole rings is 1. The molecular formula is C13H12N4OS. The largest absolute Gasteiger partial charge is 0.436 e. The van der Waals surface area contributed by atoms with Crippen LogP contribution in [0.25, 0.3) is 11.0 Å². The van der Waals surface area contributed by atoms with Crippen LogP contribution in [0, 0.1) is 13.8 Å². The molecule has 0 fully saturated rings. The van der Waals surface area contributed by atoms with Crippen molar-refractivity contribution in [3.63, 3.8) is 0 Å². The fraction of sp³-hybridized carbons (Fsp3) is 0.154. The fourth-order valence-corrected chi connectivity index (χ4v) is 2.45. The number of aromatic nitrogens is 3. The van der Waals surface area contributed by atoms with Crippen molar-refractivity contribution in [2.45, 2.75) is 24.1 Å². The number of nitrogens with zero attached hydrogens (tertiary/aromatic N) is 3. The Labute approximate surface area is 114 Å². The highest BCUT2D eigenvalue weighted by atomic mass is 32.2. The van der Waals surface area contributed by atoms with E-state index >= 15 is 0 Å². The van der Waals surface area contributed by atoms with E-state index in [9.17, 15) is 0 Å². The van der Waals surface area contributed by atoms with Gasteiger partial charge in [-0.15, -0.1) is 0 Å². The van der Waals surface area contributed by atoms with Gasteiger partial charge in [0.05, 0.1) is 16.7 Å². The zero-order chi connectivity index (χ0) is 13.4. The van der Waals surface area contributed by atoms with Gasteiger partial charge in [-0.05, 0) is 37.7 Å². The summed E-state index contributed by atoms with van der Waals surface area (Å²) in [6.45, 7) is 3.78. The Morgan fingerprint density at radius 1 is 1.05 bits per heavy atom. The van der Waals surface area contributed by atoms with E-state index in [1.54, 1.807) is 0 Å². The molecule has 0 saturated heterocycles. The van der Waals surface area contributed by atoms with Gasteiger partial charge >= 0.3 is 0 Å². The van der Waals surface area contributed by atoms with Crippen LogP contribution >= 0.6 is 11.8 Å². The predicted molar refractivity (Wildman–Crippen MR) is 74.1 cm³/mol. The SMILES string of the molecule is Cc1nc(Sc2nc3ccccc3nc2N)oc1C. The molecule has 0 aliphatic carbocycles. The molecule has 0 atom stereocenters. The topological polar surface area (TPSA) is 77.8 Å². The second-order valence-corrected chi connectivity index (χ2v) is 5.07. The summed E-state index contributed by atoms with van der Waals surface area (Å²) in [5.41, 5.74) is 8.37. The Morgan fingerprint density at radius 2 is 1.74 bits per heavy atom. The number of anilines is 1. The lowest BCUT2D eigenvalue weighted by Gasteiger charge is -2.03. The quantitative estimate of drug-likeness (QED) is 0.772. The van der Waals surface area contributed by atoms with E-state index in [1.165, 1.54) is 11.8 Å². The van der Waals surface area contributed by atoms with Crippen LogP contribution in [0.1, 0.15) is 11.5 Å². The van der Waals surface area contributed by atoms with Crippen molar-refractivity contribution in [1.82, 2.24) is 15.0 Å². The number of hydrogen-bond donors (Lipinski definition) is 1. The van der Waals surface area contributed by atoms with Crippen LogP contribution in [-0.2, 0) is 0 Å². The van der Waals surface area contributed by atoms with Crippen LogP contribution in [0.3, 0.4) is 0 Å². The van der Waals surface area contributed by atoms with Crippen LogP contribution in [0.2, 0.25) is 0 Å². The minimum Gasteiger partial charge on any atom is -0.436 e. The molecule has 19 heavy (non-hydrogen) atoms. The lowest BCUT2D eigenvalue weighted by Crippen LogP contribution is -1.97. The van der Waals surface area contributed by atoms with E-state index < -0.39 is 0 Å². The number of aryl methyl sites for hydroxylation is 2. The standard InChI is InChI=1S/C13H12N4OS/c1-7-8(2)18-13(15-7)19-12-11(14)16-9-5-3-4-6-10(9)17-12/h3-6H,1-2H3,(H2,14,16). The second-order valence-electron chi connectivity index (χ2n) is 4.13. The molecule has 96 valence electrons. The van der Waals surface area contributed by atoms with E-state index in [4.69, 9.17) is 10.2 Å². The first-order valence-electron chi connectivity index (χ1n) is 5.77. The Bertz CT molecular complexity index is 734. The summed E-state index contributed by atoms with van der Waals surface area (Å²) in [6, 6.07) is 7.61. The highest BCUT2D eigenvalue weighted by Gasteiger charge is 2.12. The van der Waals surface area contributed by atoms with Gasteiger partial charge in [-0.3, -0.25) is 0 Å². The Morgan fingerprint density at radius 3 is 2.37 bits per heavy atom. The van der Waals surface area contributed by atoms with E-state index in [2.05, 4.69) is 15.0 Å². The molecule has 5 nitrogen and oxygen atoms in total. The first kappa shape index (κ1) is 12.0. The van der Waals surface area contributed by atoms with Gasteiger partial charge in [-0.2, -0.15) is 0 Å². The maximum absolute atomic E-state index is 5.92. The number of para-hydroxylation sites is 2. The van der Waals surface area contributed by atoms with Crippen molar-refractivity contribution < 1.29 is 4.42 Å². The van der Waals surface area contributed by atoms with Crippen LogP contribution < -0.4 is 5.73 Å². The molecule has 2 heterocycles. The van der Waals surface area contributed by atoms with Crippen LogP contribution in [-0.4, -0.2) is 15.0 Å². The molecule has 2 N–H and O–H groups in total. The lowest BCUT2D eigenvalue weighted by atomic mass is 10.3. The first-order valence-corrected chi connectivity index (χ1v) is 6.59. The van der Waals surface area contributed by atoms with E-state index in [0.29, 0.717) is 16.1 Å². The van der Waals surface area contributed by atoms with Gasteiger partial charge in [0.15, 0.2) is 5.82 Å². The lowest BCUT2D eigenvalue weighted by molar-refractivity contribution is 0.431. The van der Waals surface area contributed by atoms with Crippen molar-refractivity contribution in [2.75, 3.05) is 5.73 Å². The Balaban J connectivity index is 2.02. The minimum atomic E-state index is 0.386. The Kier molecular flexibility index (Phi) is 2.87. The molecule has 0 unspecified atom stereocenters. The van der Waals surface area contributed by atoms with Crippen LogP contribution in [0.15, 0.2) is 38.9 Å². The highest BCUT2D eigenvalue weighted by Crippen LogP contribution is 2.31. The average molecular weight is 272 g/mol. The fourth-order valence-electron chi connectivity index (χ4n) is 1.64. The zero-order valence-electron chi connectivity index (χ0n) is 10.5. The molecule has 2 aromatic heterocycles. The number of hydrogen-bond acceptors (Lipinski definition) is 6. The predicted octanol–water partition coefficient (Wildman–Crippen LogP) is 2.97. The summed E-state index contributed by atoms with van der Waals surface area (Å²) in [7, 11) is 0. The molecule has 3 rings (SSSR count). The van der Waals surface area contributed by atoms with Crippen molar-refractivity contribution in [3.8, 4) is 0 Å². The van der Waals surface area contributed by atoms with Crippen molar-refractivity contribution in [1.29, 1.82) is 0 Å². The second kappa shape index (κ2) is 4.55. The summed E-state index contributed by atoms with van der Waals surface area (Å²) >= 11 is 1.29. The van der Waals surface area contributed by atoms with Crippen molar-refractivity contribution in [2.24, 2.45) is 0 Å². The third-order valence-corrected chi connectivity index (χ3v) is 3.60. The molecular weight excluding hydrogens is 260 g/mol. The summed E-state index contributed by atoms with van der Waals surface area (Å²) < 4.78 is 5.51. The van der Waals surface area contributed by atoms with E-state index in [1.807, 2.05) is 38.1 Å². The summed E-state index contributed by atoms with van der Waals surface area (Å²) in [6.07, 6.45) is 0. The molecule has 0 bridgehead atoms. The van der Waals surface area contributed by atoms with E-state index in [-0.39, 0.29) is 0 Å². The van der Waals surface area contributed by atoms with Gasteiger partial charge in [-0.25, -0.2) is 15.0 Å². The third kappa shape index (κ3) is 2.26. The Hall–Kier alpha value is -2.08. The van der Waals surface area contributed by atoms with E-state index in [0.717, 1.165) is 22.5 Å². The molecule has 6 heteroatoms. The molecule has 0 aliphatic heterocycles. The van der Waals surface area contributed by atoms with Gasteiger partial charge in [0.25, 0.3) is 5.22 Å². The average Bonchev–Trinajstić information content (AvgIpc) is 2.69. The minimum absolute atomic E-state index is 0.386. The zero-order valence-corrected chi connectivity index (χ0v) is 11.4. The number of fused-ring (bicyclic) bond motifs is 1. The van der Waals surface area contributed by atoms with Crippen molar-refractivity contribution in [3.05, 3.63) is 35.7 Å². The van der Waals surface area contributed by atoms with Crippen LogP contribution in [0.4, 0.5) is 5.82 Å². The molecule has 0 radical (unpaired) electrons. The number of nitrogens with two attached hydrogens (primary N) is 1. The first-order chi connectivity index (χ1) is 9.13. The highest BCUT2D eigenvalue weighted by molar-refractivity contribution is 7.99. The third-order valence-electron chi connectivity index (χ3n) is 2.76. The maximum Gasteiger partial charge on any atom is 0.262 e. The monoisotopic (exact) mass is 272 g/mol. The van der Waals surface area contributed by atoms with Gasteiger partial charge in [0.2, 0.25) is 0 Å². The summed E-state index contributed by atoms with van der Waals surface area (Å²) in [4.78, 5) is 13.1. The number of rotatable bonds is 2. The summed E-state index contributed by atoms with van der Waals surface area (Å²) in [5.74, 6) is 1.19. The van der Waals surface area contributed by atoms with Gasteiger partial charge in [-0.1, -0.05) is 12.1 Å². The van der Waals surface area contributed by atoms with Crippen molar-refractivity contribution >= 4 is 28.6 Å². The summed E-state index contributed by atoms with van der Waals surface area (Å²) in [5, 5.41) is 1.14. The molecule has 0 amide bonds. The maximum atomic E-state index is 5.92. The van der Waals surface area contributed by atoms with Crippen LogP contribution in [0.5, 0.6) is 0 Å². The number of nitrogen functional groups attached to an aromatic ring is 1. The van der Waals surface area contributed by atoms with Gasteiger partial charge in [0.1, 0.15) is 10.8 Å². The molecule has 3 aromatic rings. The molecule has 1 aromatic carbocycles. The molecule has 0 spiro atoms. The molecule has 0 saturated carbocycles. The molecule has 0 aliphatic rings. The normalized spacial score (nSPS) is 11.1.